The van der Waals surface area contributed by atoms with E-state index in [9.17, 15) is 0 Å². The van der Waals surface area contributed by atoms with Gasteiger partial charge in [-0.1, -0.05) is 88.4 Å². The molecule has 0 N–H and O–H groups in total. The Bertz CT molecular complexity index is 512. The standard InChI is InChI=1S/C22H32/c1-7-16-22(10-4,17-8-2)20-13-11-19(12-14-20)15-18-21(5,6)9-3/h7-8,11-18H,9-10H2,1-6H3. The zero-order valence-electron chi connectivity index (χ0n) is 15.2. The van der Waals surface area contributed by atoms with Gasteiger partial charge in [0, 0.05) is 5.41 Å². The van der Waals surface area contributed by atoms with Crippen LogP contribution in [0, 0.1) is 5.41 Å². The second-order valence-corrected chi connectivity index (χ2v) is 6.69. The predicted molar refractivity (Wildman–Crippen MR) is 101 cm³/mol. The van der Waals surface area contributed by atoms with Gasteiger partial charge in [0.2, 0.25) is 0 Å². The molecule has 0 saturated heterocycles. The molecule has 1 aromatic carbocycles. The first-order valence-corrected chi connectivity index (χ1v) is 8.50. The Morgan fingerprint density at radius 2 is 1.36 bits per heavy atom. The molecule has 0 atom stereocenters. The molecule has 0 aliphatic rings. The molecule has 0 fully saturated rings. The molecule has 0 saturated carbocycles. The van der Waals surface area contributed by atoms with E-state index in [2.05, 4.69) is 102 Å². The van der Waals surface area contributed by atoms with Crippen LogP contribution in [0.3, 0.4) is 0 Å². The third-order valence-corrected chi connectivity index (χ3v) is 4.60. The second-order valence-electron chi connectivity index (χ2n) is 6.69. The van der Waals surface area contributed by atoms with Crippen LogP contribution in [0.4, 0.5) is 0 Å². The minimum atomic E-state index is 0.0223. The fraction of sp³-hybridized carbons (Fsp3) is 0.455. The summed E-state index contributed by atoms with van der Waals surface area (Å²) in [5, 5.41) is 0. The van der Waals surface area contributed by atoms with Crippen molar-refractivity contribution in [3.05, 3.63) is 65.8 Å². The summed E-state index contributed by atoms with van der Waals surface area (Å²) in [6, 6.07) is 8.99. The summed E-state index contributed by atoms with van der Waals surface area (Å²) in [5.74, 6) is 0. The number of allylic oxidation sites excluding steroid dienone is 5. The molecular formula is C22H32. The molecule has 0 heterocycles. The van der Waals surface area contributed by atoms with Gasteiger partial charge in [-0.25, -0.2) is 0 Å². The summed E-state index contributed by atoms with van der Waals surface area (Å²) >= 11 is 0. The lowest BCUT2D eigenvalue weighted by atomic mass is 9.77. The van der Waals surface area contributed by atoms with Gasteiger partial charge < -0.3 is 0 Å². The van der Waals surface area contributed by atoms with Gasteiger partial charge >= 0.3 is 0 Å². The van der Waals surface area contributed by atoms with Crippen molar-refractivity contribution >= 4 is 6.08 Å². The summed E-state index contributed by atoms with van der Waals surface area (Å²) < 4.78 is 0. The lowest BCUT2D eigenvalue weighted by Crippen LogP contribution is -2.19. The van der Waals surface area contributed by atoms with Crippen molar-refractivity contribution < 1.29 is 0 Å². The molecule has 22 heavy (non-hydrogen) atoms. The molecule has 0 amide bonds. The van der Waals surface area contributed by atoms with Crippen LogP contribution in [-0.2, 0) is 5.41 Å². The highest BCUT2D eigenvalue weighted by Gasteiger charge is 2.23. The van der Waals surface area contributed by atoms with Crippen molar-refractivity contribution in [3.8, 4) is 0 Å². The fourth-order valence-electron chi connectivity index (χ4n) is 2.63. The molecule has 1 rings (SSSR count). The Hall–Kier alpha value is -1.56. The van der Waals surface area contributed by atoms with E-state index < -0.39 is 0 Å². The van der Waals surface area contributed by atoms with Crippen molar-refractivity contribution in [2.24, 2.45) is 5.41 Å². The molecule has 0 heteroatoms. The van der Waals surface area contributed by atoms with Crippen LogP contribution in [0.15, 0.2) is 54.6 Å². The summed E-state index contributed by atoms with van der Waals surface area (Å²) in [5.41, 5.74) is 2.92. The van der Waals surface area contributed by atoms with Crippen LogP contribution in [0.2, 0.25) is 0 Å². The van der Waals surface area contributed by atoms with Crippen molar-refractivity contribution in [3.63, 3.8) is 0 Å². The Balaban J connectivity index is 3.09. The molecule has 0 radical (unpaired) electrons. The SMILES string of the molecule is CC=CC(C=CC)(CC)c1ccc(C=CC(C)(C)CC)cc1. The summed E-state index contributed by atoms with van der Waals surface area (Å²) in [4.78, 5) is 0. The maximum Gasteiger partial charge on any atom is 0.0309 e. The van der Waals surface area contributed by atoms with E-state index in [0.29, 0.717) is 0 Å². The van der Waals surface area contributed by atoms with Crippen molar-refractivity contribution in [1.29, 1.82) is 0 Å². The molecule has 0 bridgehead atoms. The topological polar surface area (TPSA) is 0 Å². The van der Waals surface area contributed by atoms with Gasteiger partial charge in [0.15, 0.2) is 0 Å². The Kier molecular flexibility index (Phi) is 6.87. The van der Waals surface area contributed by atoms with Gasteiger partial charge in [-0.15, -0.1) is 0 Å². The van der Waals surface area contributed by atoms with Gasteiger partial charge in [0.05, 0.1) is 0 Å². The Morgan fingerprint density at radius 1 is 0.818 bits per heavy atom. The minimum Gasteiger partial charge on any atom is -0.0905 e. The van der Waals surface area contributed by atoms with E-state index in [1.54, 1.807) is 0 Å². The first-order chi connectivity index (χ1) is 10.4. The fourth-order valence-corrected chi connectivity index (χ4v) is 2.63. The van der Waals surface area contributed by atoms with Crippen LogP contribution < -0.4 is 0 Å². The van der Waals surface area contributed by atoms with Crippen LogP contribution >= 0.6 is 0 Å². The van der Waals surface area contributed by atoms with Gasteiger partial charge in [-0.3, -0.25) is 0 Å². The highest BCUT2D eigenvalue weighted by Crippen LogP contribution is 2.32. The van der Waals surface area contributed by atoms with Crippen molar-refractivity contribution in [2.45, 2.75) is 59.8 Å². The largest absolute Gasteiger partial charge is 0.0905 e. The smallest absolute Gasteiger partial charge is 0.0309 e. The number of rotatable bonds is 7. The van der Waals surface area contributed by atoms with Crippen LogP contribution in [0.25, 0.3) is 6.08 Å². The zero-order chi connectivity index (χ0) is 16.6. The third kappa shape index (κ3) is 4.73. The average Bonchev–Trinajstić information content (AvgIpc) is 2.53. The van der Waals surface area contributed by atoms with E-state index in [1.807, 2.05) is 0 Å². The molecule has 0 spiro atoms. The normalized spacial score (nSPS) is 15.9. The van der Waals surface area contributed by atoms with E-state index in [-0.39, 0.29) is 10.8 Å². The van der Waals surface area contributed by atoms with E-state index >= 15 is 0 Å². The highest BCUT2D eigenvalue weighted by atomic mass is 14.3. The lowest BCUT2D eigenvalue weighted by molar-refractivity contribution is 0.464. The van der Waals surface area contributed by atoms with E-state index in [0.717, 1.165) is 12.8 Å². The van der Waals surface area contributed by atoms with Crippen LogP contribution in [-0.4, -0.2) is 0 Å². The van der Waals surface area contributed by atoms with E-state index in [1.165, 1.54) is 11.1 Å². The third-order valence-electron chi connectivity index (χ3n) is 4.60. The lowest BCUT2D eigenvalue weighted by Gasteiger charge is -2.27. The van der Waals surface area contributed by atoms with Gasteiger partial charge in [-0.05, 0) is 43.2 Å². The highest BCUT2D eigenvalue weighted by molar-refractivity contribution is 5.52. The zero-order valence-corrected chi connectivity index (χ0v) is 15.2. The van der Waals surface area contributed by atoms with Gasteiger partial charge in [-0.2, -0.15) is 0 Å². The predicted octanol–water partition coefficient (Wildman–Crippen LogP) is 6.94. The van der Waals surface area contributed by atoms with Crippen LogP contribution in [0.1, 0.15) is 65.5 Å². The van der Waals surface area contributed by atoms with Crippen molar-refractivity contribution in [1.82, 2.24) is 0 Å². The molecule has 120 valence electrons. The molecule has 0 aromatic heterocycles. The molecule has 0 nitrogen and oxygen atoms in total. The van der Waals surface area contributed by atoms with Gasteiger partial charge in [0.1, 0.15) is 0 Å². The monoisotopic (exact) mass is 296 g/mol. The maximum atomic E-state index is 2.31. The quantitative estimate of drug-likeness (QED) is 0.478. The molecular weight excluding hydrogens is 264 g/mol. The number of hydrogen-bond donors (Lipinski definition) is 0. The number of benzene rings is 1. The second kappa shape index (κ2) is 8.17. The molecule has 1 aromatic rings. The molecule has 0 aliphatic heterocycles. The first kappa shape index (κ1) is 18.5. The summed E-state index contributed by atoms with van der Waals surface area (Å²) in [6.07, 6.45) is 15.7. The van der Waals surface area contributed by atoms with Gasteiger partial charge in [0.25, 0.3) is 0 Å². The summed E-state index contributed by atoms with van der Waals surface area (Å²) in [7, 11) is 0. The Labute approximate surface area is 137 Å². The van der Waals surface area contributed by atoms with E-state index in [4.69, 9.17) is 0 Å². The molecule has 0 aliphatic carbocycles. The first-order valence-electron chi connectivity index (χ1n) is 8.50. The average molecular weight is 296 g/mol. The summed E-state index contributed by atoms with van der Waals surface area (Å²) in [6.45, 7) is 13.2. The minimum absolute atomic E-state index is 0.0223. The Morgan fingerprint density at radius 3 is 1.77 bits per heavy atom. The number of hydrogen-bond acceptors (Lipinski definition) is 0. The molecule has 0 unspecified atom stereocenters. The van der Waals surface area contributed by atoms with Crippen molar-refractivity contribution in [2.75, 3.05) is 0 Å². The maximum absolute atomic E-state index is 2.31. The van der Waals surface area contributed by atoms with Crippen LogP contribution in [0.5, 0.6) is 0 Å².